The van der Waals surface area contributed by atoms with Crippen LogP contribution in [0.2, 0.25) is 0 Å². The van der Waals surface area contributed by atoms with Gasteiger partial charge in [0, 0.05) is 17.5 Å². The summed E-state index contributed by atoms with van der Waals surface area (Å²) in [5.41, 5.74) is 2.39. The van der Waals surface area contributed by atoms with Crippen molar-refractivity contribution in [2.45, 2.75) is 50.4 Å². The van der Waals surface area contributed by atoms with Gasteiger partial charge in [0.05, 0.1) is 12.8 Å². The van der Waals surface area contributed by atoms with Crippen LogP contribution in [0.1, 0.15) is 49.6 Å². The molecule has 2 heterocycles. The van der Waals surface area contributed by atoms with Gasteiger partial charge in [-0.1, -0.05) is 25.1 Å². The number of esters is 1. The van der Waals surface area contributed by atoms with Crippen LogP contribution in [0.25, 0.3) is 0 Å². The van der Waals surface area contributed by atoms with Gasteiger partial charge in [0.15, 0.2) is 6.10 Å². The van der Waals surface area contributed by atoms with Crippen LogP contribution in [-0.2, 0) is 32.0 Å². The molecule has 34 heavy (non-hydrogen) atoms. The number of amides is 2. The highest BCUT2D eigenvalue weighted by atomic mass is 32.2. The topological polar surface area (TPSA) is 132 Å². The summed E-state index contributed by atoms with van der Waals surface area (Å²) >= 11 is 0.979. The molecule has 0 spiro atoms. The summed E-state index contributed by atoms with van der Waals surface area (Å²) in [6.45, 7) is 3.72. The van der Waals surface area contributed by atoms with Crippen LogP contribution in [0.5, 0.6) is 5.75 Å². The van der Waals surface area contributed by atoms with Crippen LogP contribution in [0.15, 0.2) is 42.6 Å². The van der Waals surface area contributed by atoms with Gasteiger partial charge in [-0.05, 0) is 55.3 Å². The van der Waals surface area contributed by atoms with Crippen molar-refractivity contribution in [2.75, 3.05) is 6.61 Å². The monoisotopic (exact) mass is 486 g/mol. The third kappa shape index (κ3) is 6.80. The molecule has 2 amide bonds. The van der Waals surface area contributed by atoms with E-state index in [1.165, 1.54) is 0 Å². The number of benzene rings is 1. The maximum absolute atomic E-state index is 12.1. The van der Waals surface area contributed by atoms with Gasteiger partial charge in [-0.25, -0.2) is 0 Å². The van der Waals surface area contributed by atoms with E-state index in [2.05, 4.69) is 10.3 Å². The molecular formula is C24H26N2O7S. The van der Waals surface area contributed by atoms with Gasteiger partial charge in [-0.3, -0.25) is 29.5 Å². The van der Waals surface area contributed by atoms with Gasteiger partial charge >= 0.3 is 11.9 Å². The molecule has 2 N–H and O–H groups in total. The number of rotatable bonds is 11. The summed E-state index contributed by atoms with van der Waals surface area (Å²) in [5.74, 6) is -1.50. The molecule has 3 rings (SSSR count). The minimum atomic E-state index is -1.08. The number of carboxylic acid groups (broad SMARTS) is 1. The summed E-state index contributed by atoms with van der Waals surface area (Å²) in [6.07, 6.45) is 1.44. The van der Waals surface area contributed by atoms with Crippen LogP contribution in [0.3, 0.4) is 0 Å². The Kier molecular flexibility index (Phi) is 8.27. The predicted molar refractivity (Wildman–Crippen MR) is 124 cm³/mol. The molecule has 1 unspecified atom stereocenters. The second-order valence-corrected chi connectivity index (χ2v) is 9.49. The van der Waals surface area contributed by atoms with Crippen molar-refractivity contribution in [1.29, 1.82) is 0 Å². The Hall–Kier alpha value is -3.40. The summed E-state index contributed by atoms with van der Waals surface area (Å²) in [5, 5.41) is 10.8. The average molecular weight is 487 g/mol. The smallest absolute Gasteiger partial charge is 0.307 e. The lowest BCUT2D eigenvalue weighted by molar-refractivity contribution is -0.153. The third-order valence-electron chi connectivity index (χ3n) is 5.28. The Labute approximate surface area is 201 Å². The lowest BCUT2D eigenvalue weighted by atomic mass is 9.99. The first-order valence-electron chi connectivity index (χ1n) is 10.8. The molecule has 10 heteroatoms. The molecule has 1 aliphatic heterocycles. The van der Waals surface area contributed by atoms with Gasteiger partial charge in [-0.2, -0.15) is 0 Å². The predicted octanol–water partition coefficient (Wildman–Crippen LogP) is 3.46. The van der Waals surface area contributed by atoms with Crippen LogP contribution < -0.4 is 10.1 Å². The van der Waals surface area contributed by atoms with Gasteiger partial charge in [0.25, 0.3) is 5.24 Å². The zero-order chi connectivity index (χ0) is 24.7. The number of hydrogen-bond donors (Lipinski definition) is 2. The summed E-state index contributed by atoms with van der Waals surface area (Å²) in [4.78, 5) is 50.8. The van der Waals surface area contributed by atoms with E-state index in [9.17, 15) is 19.2 Å². The molecule has 9 nitrogen and oxygen atoms in total. The number of hydrogen-bond acceptors (Lipinski definition) is 8. The second-order valence-electron chi connectivity index (χ2n) is 8.01. The molecule has 180 valence electrons. The Bertz CT molecular complexity index is 1060. The summed E-state index contributed by atoms with van der Waals surface area (Å²) in [7, 11) is 0. The number of carbonyl (C=O) groups is 4. The van der Waals surface area contributed by atoms with E-state index in [1.807, 2.05) is 25.1 Å². The van der Waals surface area contributed by atoms with Crippen molar-refractivity contribution in [3.8, 4) is 5.75 Å². The Morgan fingerprint density at radius 1 is 1.15 bits per heavy atom. The molecule has 1 aromatic heterocycles. The van der Waals surface area contributed by atoms with Crippen molar-refractivity contribution in [2.24, 2.45) is 0 Å². The first kappa shape index (κ1) is 25.2. The van der Waals surface area contributed by atoms with Crippen LogP contribution in [-0.4, -0.2) is 44.5 Å². The Morgan fingerprint density at radius 2 is 1.88 bits per heavy atom. The van der Waals surface area contributed by atoms with Crippen LogP contribution in [0.4, 0.5) is 4.79 Å². The average Bonchev–Trinajstić information content (AvgIpc) is 3.06. The van der Waals surface area contributed by atoms with Gasteiger partial charge in [0.1, 0.15) is 17.1 Å². The highest BCUT2D eigenvalue weighted by molar-refractivity contribution is 8.16. The number of thioether (sulfide) groups is 1. The molecule has 0 bridgehead atoms. The molecule has 0 radical (unpaired) electrons. The summed E-state index contributed by atoms with van der Waals surface area (Å²) in [6, 6.07) is 10.7. The molecule has 0 saturated carbocycles. The molecule has 0 aliphatic carbocycles. The maximum Gasteiger partial charge on any atom is 0.307 e. The molecule has 1 aliphatic rings. The molecule has 2 atom stereocenters. The van der Waals surface area contributed by atoms with Crippen molar-refractivity contribution in [1.82, 2.24) is 10.3 Å². The fourth-order valence-electron chi connectivity index (χ4n) is 3.34. The zero-order valence-corrected chi connectivity index (χ0v) is 19.7. The second kappa shape index (κ2) is 11.1. The van der Waals surface area contributed by atoms with E-state index in [-0.39, 0.29) is 30.6 Å². The lowest BCUT2D eigenvalue weighted by Crippen LogP contribution is -2.35. The third-order valence-corrected chi connectivity index (χ3v) is 6.35. The Morgan fingerprint density at radius 3 is 2.44 bits per heavy atom. The minimum Gasteiger partial charge on any atom is -0.489 e. The van der Waals surface area contributed by atoms with E-state index in [4.69, 9.17) is 14.6 Å². The molecule has 1 saturated heterocycles. The van der Waals surface area contributed by atoms with Crippen LogP contribution in [0, 0.1) is 0 Å². The summed E-state index contributed by atoms with van der Waals surface area (Å²) < 4.78 is 10.5. The number of ether oxygens (including phenoxy) is 2. The van der Waals surface area contributed by atoms with E-state index in [1.54, 1.807) is 31.3 Å². The number of carbonyl (C=O) groups excluding carboxylic acids is 3. The first-order chi connectivity index (χ1) is 16.2. The van der Waals surface area contributed by atoms with E-state index in [0.29, 0.717) is 17.7 Å². The molecule has 2 aromatic rings. The number of aliphatic carboxylic acids is 1. The largest absolute Gasteiger partial charge is 0.489 e. The standard InChI is InChI=1S/C24H26N2O7S/c1-3-17-7-6-16(13-25-17)19(33-21(29)11-10-20(27)28)14-32-18-8-4-15(5-9-18)12-24(2)22(30)26-23(31)34-24/h4-9,13,19H,3,10-12,14H2,1-2H3,(H,27,28)(H,26,30,31)/t19-,24?/m1/s1. The first-order valence-corrected chi connectivity index (χ1v) is 11.6. The highest BCUT2D eigenvalue weighted by Gasteiger charge is 2.43. The SMILES string of the molecule is CCc1ccc([C@@H](COc2ccc(CC3(C)SC(=O)NC3=O)cc2)OC(=O)CCC(=O)O)cn1. The Balaban J connectivity index is 1.65. The van der Waals surface area contributed by atoms with E-state index < -0.39 is 22.8 Å². The maximum atomic E-state index is 12.1. The van der Waals surface area contributed by atoms with E-state index in [0.717, 1.165) is 29.4 Å². The highest BCUT2D eigenvalue weighted by Crippen LogP contribution is 2.35. The number of nitrogens with zero attached hydrogens (tertiary/aromatic N) is 1. The number of carboxylic acids is 1. The van der Waals surface area contributed by atoms with Crippen molar-refractivity contribution < 1.29 is 33.8 Å². The number of nitrogens with one attached hydrogen (secondary N) is 1. The van der Waals surface area contributed by atoms with Crippen molar-refractivity contribution >= 4 is 34.8 Å². The van der Waals surface area contributed by atoms with E-state index >= 15 is 0 Å². The number of aromatic nitrogens is 1. The van der Waals surface area contributed by atoms with Crippen LogP contribution >= 0.6 is 11.8 Å². The fourth-order valence-corrected chi connectivity index (χ4v) is 4.28. The zero-order valence-electron chi connectivity index (χ0n) is 18.9. The van der Waals surface area contributed by atoms with Gasteiger partial charge < -0.3 is 14.6 Å². The quantitative estimate of drug-likeness (QED) is 0.458. The number of pyridine rings is 1. The lowest BCUT2D eigenvalue weighted by Gasteiger charge is -2.20. The minimum absolute atomic E-state index is 0.00971. The number of aryl methyl sites for hydroxylation is 1. The fraction of sp³-hybridized carbons (Fsp3) is 0.375. The van der Waals surface area contributed by atoms with Gasteiger partial charge in [0.2, 0.25) is 5.91 Å². The number of imide groups is 1. The molecule has 1 fully saturated rings. The van der Waals surface area contributed by atoms with Gasteiger partial charge in [-0.15, -0.1) is 0 Å². The molecule has 1 aromatic carbocycles. The normalized spacial score (nSPS) is 18.3. The molecular weight excluding hydrogens is 460 g/mol. The van der Waals surface area contributed by atoms with Crippen molar-refractivity contribution in [3.63, 3.8) is 0 Å². The van der Waals surface area contributed by atoms with Crippen molar-refractivity contribution in [3.05, 3.63) is 59.4 Å².